The zero-order valence-electron chi connectivity index (χ0n) is 16.6. The highest BCUT2D eigenvalue weighted by Crippen LogP contribution is 2.28. The van der Waals surface area contributed by atoms with E-state index in [-0.39, 0.29) is 35.3 Å². The number of hydrogen-bond donors (Lipinski definition) is 2. The lowest BCUT2D eigenvalue weighted by molar-refractivity contribution is 0.0752. The minimum absolute atomic E-state index is 0.0636. The van der Waals surface area contributed by atoms with E-state index in [0.717, 1.165) is 5.82 Å². The normalized spacial score (nSPS) is 19.7. The topological polar surface area (TPSA) is 97.3 Å². The lowest BCUT2D eigenvalue weighted by Gasteiger charge is -2.39. The Morgan fingerprint density at radius 2 is 1.93 bits per heavy atom. The molecule has 1 fully saturated rings. The average Bonchev–Trinajstić information content (AvgIpc) is 2.63. The van der Waals surface area contributed by atoms with Gasteiger partial charge in [0.05, 0.1) is 42.8 Å². The van der Waals surface area contributed by atoms with Gasteiger partial charge in [-0.3, -0.25) is 5.41 Å². The summed E-state index contributed by atoms with van der Waals surface area (Å²) in [7, 11) is 0. The first-order chi connectivity index (χ1) is 13.3. The van der Waals surface area contributed by atoms with Crippen LogP contribution in [0.2, 0.25) is 0 Å². The molecule has 2 heterocycles. The number of nitrogen functional groups attached to an aromatic ring is 1. The molecule has 0 bridgehead atoms. The second-order valence-corrected chi connectivity index (χ2v) is 7.32. The molecule has 1 aliphatic rings. The first-order valence-corrected chi connectivity index (χ1v) is 9.31. The van der Waals surface area contributed by atoms with Gasteiger partial charge in [-0.2, -0.15) is 0 Å². The van der Waals surface area contributed by atoms with Gasteiger partial charge in [-0.1, -0.05) is 0 Å². The van der Waals surface area contributed by atoms with E-state index in [1.165, 1.54) is 18.5 Å². The van der Waals surface area contributed by atoms with E-state index in [0.29, 0.717) is 24.5 Å². The molecule has 3 N–H and O–H groups in total. The van der Waals surface area contributed by atoms with Crippen molar-refractivity contribution in [2.45, 2.75) is 45.9 Å². The van der Waals surface area contributed by atoms with E-state index in [9.17, 15) is 4.39 Å². The van der Waals surface area contributed by atoms with Crippen molar-refractivity contribution in [2.24, 2.45) is 0 Å². The molecule has 0 aliphatic carbocycles. The predicted molar refractivity (Wildman–Crippen MR) is 107 cm³/mol. The van der Waals surface area contributed by atoms with E-state index in [1.807, 2.05) is 13.8 Å². The van der Waals surface area contributed by atoms with E-state index in [1.54, 1.807) is 6.07 Å². The molecule has 1 aromatic carbocycles. The Hall–Kier alpha value is -2.74. The highest BCUT2D eigenvalue weighted by molar-refractivity contribution is 6.13. The molecule has 2 aromatic rings. The molecular formula is C20H26FN5O2. The van der Waals surface area contributed by atoms with E-state index >= 15 is 0 Å². The molecule has 7 nitrogen and oxygen atoms in total. The molecule has 1 saturated heterocycles. The molecule has 0 spiro atoms. The van der Waals surface area contributed by atoms with Crippen molar-refractivity contribution in [2.75, 3.05) is 23.8 Å². The second kappa shape index (κ2) is 8.10. The minimum atomic E-state index is -0.554. The van der Waals surface area contributed by atoms with Crippen molar-refractivity contribution in [3.05, 3.63) is 41.6 Å². The van der Waals surface area contributed by atoms with Crippen LogP contribution in [0.4, 0.5) is 15.9 Å². The van der Waals surface area contributed by atoms with Crippen molar-refractivity contribution in [1.29, 1.82) is 5.41 Å². The summed E-state index contributed by atoms with van der Waals surface area (Å²) in [6, 6.07) is 4.70. The maximum atomic E-state index is 14.1. The maximum Gasteiger partial charge on any atom is 0.167 e. The summed E-state index contributed by atoms with van der Waals surface area (Å²) in [5, 5.41) is 8.58. The number of halogens is 1. The van der Waals surface area contributed by atoms with Gasteiger partial charge in [0.25, 0.3) is 0 Å². The smallest absolute Gasteiger partial charge is 0.167 e. The van der Waals surface area contributed by atoms with Gasteiger partial charge in [-0.15, -0.1) is 0 Å². The Morgan fingerprint density at radius 1 is 1.25 bits per heavy atom. The van der Waals surface area contributed by atoms with Crippen molar-refractivity contribution in [3.8, 4) is 5.75 Å². The van der Waals surface area contributed by atoms with Gasteiger partial charge in [-0.05, 0) is 33.8 Å². The SMILES string of the molecule is CC(C)Oc1cc(C(=N)c2cc(N3[C@H](C)COC[C@H]3C)ncn2)c(N)cc1F. The van der Waals surface area contributed by atoms with Gasteiger partial charge < -0.3 is 20.1 Å². The fraction of sp³-hybridized carbons (Fsp3) is 0.450. The zero-order valence-corrected chi connectivity index (χ0v) is 16.6. The van der Waals surface area contributed by atoms with Gasteiger partial charge in [0.1, 0.15) is 12.1 Å². The third-order valence-electron chi connectivity index (χ3n) is 4.58. The number of nitrogens with zero attached hydrogens (tertiary/aromatic N) is 3. The van der Waals surface area contributed by atoms with Crippen LogP contribution >= 0.6 is 0 Å². The summed E-state index contributed by atoms with van der Waals surface area (Å²) in [4.78, 5) is 10.8. The highest BCUT2D eigenvalue weighted by atomic mass is 19.1. The monoisotopic (exact) mass is 387 g/mol. The summed E-state index contributed by atoms with van der Waals surface area (Å²) in [5.41, 5.74) is 7.00. The summed E-state index contributed by atoms with van der Waals surface area (Å²) in [5.74, 6) is 0.230. The number of anilines is 2. The number of ether oxygens (including phenoxy) is 2. The Balaban J connectivity index is 1.95. The number of aromatic nitrogens is 2. The quantitative estimate of drug-likeness (QED) is 0.605. The summed E-state index contributed by atoms with van der Waals surface area (Å²) >= 11 is 0. The van der Waals surface area contributed by atoms with E-state index < -0.39 is 5.82 Å². The first-order valence-electron chi connectivity index (χ1n) is 9.31. The van der Waals surface area contributed by atoms with Crippen LogP contribution in [0.1, 0.15) is 39.0 Å². The van der Waals surface area contributed by atoms with Crippen LogP contribution < -0.4 is 15.4 Å². The molecule has 0 unspecified atom stereocenters. The van der Waals surface area contributed by atoms with Gasteiger partial charge in [0, 0.05) is 23.4 Å². The Bertz CT molecular complexity index is 864. The summed E-state index contributed by atoms with van der Waals surface area (Å²) in [6.07, 6.45) is 1.23. The third kappa shape index (κ3) is 4.06. The lowest BCUT2D eigenvalue weighted by atomic mass is 10.0. The van der Waals surface area contributed by atoms with Crippen LogP contribution in [-0.2, 0) is 4.74 Å². The molecule has 3 rings (SSSR count). The molecule has 1 aromatic heterocycles. The molecule has 0 radical (unpaired) electrons. The Kier molecular flexibility index (Phi) is 5.79. The predicted octanol–water partition coefficient (Wildman–Crippen LogP) is 3.01. The number of rotatable bonds is 5. The van der Waals surface area contributed by atoms with Crippen molar-refractivity contribution in [1.82, 2.24) is 9.97 Å². The van der Waals surface area contributed by atoms with Crippen LogP contribution in [0.25, 0.3) is 0 Å². The van der Waals surface area contributed by atoms with Crippen LogP contribution in [0.3, 0.4) is 0 Å². The number of morpholine rings is 1. The number of nitrogens with two attached hydrogens (primary N) is 1. The van der Waals surface area contributed by atoms with Crippen LogP contribution in [-0.4, -0.2) is 47.1 Å². The van der Waals surface area contributed by atoms with Crippen molar-refractivity contribution in [3.63, 3.8) is 0 Å². The molecular weight excluding hydrogens is 361 g/mol. The van der Waals surface area contributed by atoms with E-state index in [2.05, 4.69) is 28.7 Å². The van der Waals surface area contributed by atoms with Crippen molar-refractivity contribution >= 4 is 17.2 Å². The van der Waals surface area contributed by atoms with Gasteiger partial charge in [0.2, 0.25) is 0 Å². The molecule has 0 saturated carbocycles. The molecule has 150 valence electrons. The Morgan fingerprint density at radius 3 is 2.57 bits per heavy atom. The first kappa shape index (κ1) is 20.0. The van der Waals surface area contributed by atoms with Crippen LogP contribution in [0.15, 0.2) is 24.5 Å². The fourth-order valence-electron chi connectivity index (χ4n) is 3.35. The molecule has 1 aliphatic heterocycles. The lowest BCUT2D eigenvalue weighted by Crippen LogP contribution is -2.50. The highest BCUT2D eigenvalue weighted by Gasteiger charge is 2.27. The molecule has 2 atom stereocenters. The van der Waals surface area contributed by atoms with Crippen LogP contribution in [0, 0.1) is 11.2 Å². The van der Waals surface area contributed by atoms with Gasteiger partial charge in [0.15, 0.2) is 11.6 Å². The average molecular weight is 387 g/mol. The van der Waals surface area contributed by atoms with Gasteiger partial charge >= 0.3 is 0 Å². The Labute approximate surface area is 164 Å². The molecule has 0 amide bonds. The van der Waals surface area contributed by atoms with E-state index in [4.69, 9.17) is 20.6 Å². The second-order valence-electron chi connectivity index (χ2n) is 7.32. The zero-order chi connectivity index (χ0) is 20.4. The maximum absolute atomic E-state index is 14.1. The fourth-order valence-corrected chi connectivity index (χ4v) is 3.35. The molecule has 8 heteroatoms. The van der Waals surface area contributed by atoms with Gasteiger partial charge in [-0.25, -0.2) is 14.4 Å². The number of nitrogens with one attached hydrogen (secondary N) is 1. The van der Waals surface area contributed by atoms with Crippen molar-refractivity contribution < 1.29 is 13.9 Å². The molecule has 28 heavy (non-hydrogen) atoms. The summed E-state index contributed by atoms with van der Waals surface area (Å²) < 4.78 is 25.2. The largest absolute Gasteiger partial charge is 0.488 e. The standard InChI is InChI=1S/C20H26FN5O2/c1-11(2)28-18-5-14(16(22)6-15(18)21)20(23)17-7-19(25-10-24-17)26-12(3)8-27-9-13(26)4/h5-7,10-13,23H,8-9,22H2,1-4H3/t12-,13-/m1/s1. The number of benzene rings is 1. The summed E-state index contributed by atoms with van der Waals surface area (Å²) in [6.45, 7) is 8.97. The van der Waals surface area contributed by atoms with Crippen LogP contribution in [0.5, 0.6) is 5.75 Å². The number of hydrogen-bond acceptors (Lipinski definition) is 7. The minimum Gasteiger partial charge on any atom is -0.488 e. The third-order valence-corrected chi connectivity index (χ3v) is 4.58.